The van der Waals surface area contributed by atoms with Gasteiger partial charge in [0.25, 0.3) is 5.91 Å². The van der Waals surface area contributed by atoms with Crippen LogP contribution in [0.2, 0.25) is 0 Å². The lowest BCUT2D eigenvalue weighted by molar-refractivity contribution is 0.0896. The van der Waals surface area contributed by atoms with E-state index in [0.29, 0.717) is 21.8 Å². The predicted octanol–water partition coefficient (Wildman–Crippen LogP) is 2.24. The van der Waals surface area contributed by atoms with Gasteiger partial charge in [0.2, 0.25) is 0 Å². The lowest BCUT2D eigenvalue weighted by atomic mass is 9.98. The molecule has 1 amide bonds. The van der Waals surface area contributed by atoms with Crippen LogP contribution in [0, 0.1) is 0 Å². The highest BCUT2D eigenvalue weighted by molar-refractivity contribution is 9.10. The first-order chi connectivity index (χ1) is 8.99. The maximum Gasteiger partial charge on any atom is 0.252 e. The van der Waals surface area contributed by atoms with Gasteiger partial charge in [0, 0.05) is 24.3 Å². The molecule has 0 radical (unpaired) electrons. The third-order valence-corrected chi connectivity index (χ3v) is 4.70. The molecule has 3 N–H and O–H groups in total. The van der Waals surface area contributed by atoms with E-state index in [1.165, 1.54) is 0 Å². The molecule has 2 rings (SSSR count). The van der Waals surface area contributed by atoms with E-state index >= 15 is 0 Å². The third kappa shape index (κ3) is 3.28. The van der Waals surface area contributed by atoms with Crippen LogP contribution in [0.15, 0.2) is 22.7 Å². The van der Waals surface area contributed by atoms with Crippen LogP contribution < -0.4 is 11.1 Å². The first-order valence-corrected chi connectivity index (χ1v) is 7.33. The minimum atomic E-state index is -0.0547. The Bertz CT molecular complexity index is 478. The molecule has 1 aromatic rings. The number of nitrogens with one attached hydrogen (secondary N) is 1. The van der Waals surface area contributed by atoms with Crippen LogP contribution in [0.1, 0.15) is 30.1 Å². The minimum absolute atomic E-state index is 0.0547. The quantitative estimate of drug-likeness (QED) is 0.820. The standard InChI is InChI=1S/C14H20BrN3O/c1-9-8-10(6-7-18(9)2)17-14(19)11-4-3-5-12(16)13(11)15/h3-5,9-10H,6-8,16H2,1-2H3,(H,17,19). The Morgan fingerprint density at radius 2 is 2.26 bits per heavy atom. The summed E-state index contributed by atoms with van der Waals surface area (Å²) in [5.74, 6) is -0.0547. The summed E-state index contributed by atoms with van der Waals surface area (Å²) in [5, 5.41) is 3.10. The topological polar surface area (TPSA) is 58.4 Å². The summed E-state index contributed by atoms with van der Waals surface area (Å²) in [6.07, 6.45) is 1.98. The van der Waals surface area contributed by atoms with Gasteiger partial charge in [-0.15, -0.1) is 0 Å². The van der Waals surface area contributed by atoms with Gasteiger partial charge in [-0.1, -0.05) is 6.07 Å². The fourth-order valence-electron chi connectivity index (χ4n) is 2.41. The van der Waals surface area contributed by atoms with Crippen molar-refractivity contribution in [2.24, 2.45) is 0 Å². The molecule has 1 saturated heterocycles. The number of piperidine rings is 1. The molecule has 4 nitrogen and oxygen atoms in total. The number of nitrogens with zero attached hydrogens (tertiary/aromatic N) is 1. The van der Waals surface area contributed by atoms with Crippen molar-refractivity contribution in [3.8, 4) is 0 Å². The number of hydrogen-bond acceptors (Lipinski definition) is 3. The van der Waals surface area contributed by atoms with Gasteiger partial charge in [-0.25, -0.2) is 0 Å². The molecular weight excluding hydrogens is 306 g/mol. The van der Waals surface area contributed by atoms with Crippen LogP contribution >= 0.6 is 15.9 Å². The van der Waals surface area contributed by atoms with Crippen molar-refractivity contribution in [2.45, 2.75) is 31.8 Å². The summed E-state index contributed by atoms with van der Waals surface area (Å²) in [6, 6.07) is 6.11. The lowest BCUT2D eigenvalue weighted by Gasteiger charge is -2.35. The Hall–Kier alpha value is -1.07. The normalized spacial score (nSPS) is 24.2. The van der Waals surface area contributed by atoms with E-state index in [-0.39, 0.29) is 11.9 Å². The fourth-order valence-corrected chi connectivity index (χ4v) is 2.85. The number of hydrogen-bond donors (Lipinski definition) is 2. The van der Waals surface area contributed by atoms with E-state index in [1.807, 2.05) is 0 Å². The number of carbonyl (C=O) groups excluding carboxylic acids is 1. The minimum Gasteiger partial charge on any atom is -0.398 e. The molecule has 104 valence electrons. The summed E-state index contributed by atoms with van der Waals surface area (Å²) in [5.41, 5.74) is 6.99. The Balaban J connectivity index is 2.03. The Labute approximate surface area is 122 Å². The smallest absolute Gasteiger partial charge is 0.252 e. The summed E-state index contributed by atoms with van der Waals surface area (Å²) in [4.78, 5) is 14.6. The van der Waals surface area contributed by atoms with Gasteiger partial charge >= 0.3 is 0 Å². The molecule has 0 aliphatic carbocycles. The number of carbonyl (C=O) groups is 1. The Kier molecular flexibility index (Phi) is 4.47. The summed E-state index contributed by atoms with van der Waals surface area (Å²) >= 11 is 3.37. The molecule has 19 heavy (non-hydrogen) atoms. The van der Waals surface area contributed by atoms with Crippen molar-refractivity contribution >= 4 is 27.5 Å². The number of amides is 1. The van der Waals surface area contributed by atoms with E-state index in [2.05, 4.69) is 40.1 Å². The molecule has 1 aliphatic rings. The number of anilines is 1. The van der Waals surface area contributed by atoms with Gasteiger partial charge in [0.1, 0.15) is 0 Å². The summed E-state index contributed by atoms with van der Waals surface area (Å²) in [6.45, 7) is 3.21. The zero-order valence-electron chi connectivity index (χ0n) is 11.3. The molecular formula is C14H20BrN3O. The first kappa shape index (κ1) is 14.3. The second-order valence-corrected chi connectivity index (χ2v) is 6.03. The monoisotopic (exact) mass is 325 g/mol. The zero-order chi connectivity index (χ0) is 14.0. The van der Waals surface area contributed by atoms with Crippen molar-refractivity contribution < 1.29 is 4.79 Å². The van der Waals surface area contributed by atoms with Crippen LogP contribution in [-0.4, -0.2) is 36.5 Å². The maximum absolute atomic E-state index is 12.3. The second kappa shape index (κ2) is 5.92. The van der Waals surface area contributed by atoms with E-state index < -0.39 is 0 Å². The third-order valence-electron chi connectivity index (χ3n) is 3.82. The van der Waals surface area contributed by atoms with Crippen LogP contribution in [-0.2, 0) is 0 Å². The van der Waals surface area contributed by atoms with Gasteiger partial charge in [0.05, 0.1) is 10.0 Å². The van der Waals surface area contributed by atoms with E-state index in [9.17, 15) is 4.79 Å². The molecule has 0 aromatic heterocycles. The highest BCUT2D eigenvalue weighted by Crippen LogP contribution is 2.24. The first-order valence-electron chi connectivity index (χ1n) is 6.54. The molecule has 0 saturated carbocycles. The average molecular weight is 326 g/mol. The number of benzene rings is 1. The maximum atomic E-state index is 12.3. The van der Waals surface area contributed by atoms with E-state index in [1.54, 1.807) is 18.2 Å². The van der Waals surface area contributed by atoms with Crippen LogP contribution in [0.4, 0.5) is 5.69 Å². The SMILES string of the molecule is CC1CC(NC(=O)c2cccc(N)c2Br)CCN1C. The average Bonchev–Trinajstić information content (AvgIpc) is 2.37. The van der Waals surface area contributed by atoms with Crippen molar-refractivity contribution in [2.75, 3.05) is 19.3 Å². The molecule has 0 spiro atoms. The van der Waals surface area contributed by atoms with Crippen LogP contribution in [0.5, 0.6) is 0 Å². The lowest BCUT2D eigenvalue weighted by Crippen LogP contribution is -2.47. The van der Waals surface area contributed by atoms with Crippen molar-refractivity contribution in [1.29, 1.82) is 0 Å². The fraction of sp³-hybridized carbons (Fsp3) is 0.500. The van der Waals surface area contributed by atoms with E-state index in [4.69, 9.17) is 5.73 Å². The molecule has 1 heterocycles. The summed E-state index contributed by atoms with van der Waals surface area (Å²) in [7, 11) is 2.12. The number of nitrogen functional groups attached to an aromatic ring is 1. The number of halogens is 1. The number of rotatable bonds is 2. The van der Waals surface area contributed by atoms with E-state index in [0.717, 1.165) is 19.4 Å². The largest absolute Gasteiger partial charge is 0.398 e. The van der Waals surface area contributed by atoms with Crippen molar-refractivity contribution in [3.63, 3.8) is 0 Å². The van der Waals surface area contributed by atoms with Crippen LogP contribution in [0.25, 0.3) is 0 Å². The van der Waals surface area contributed by atoms with Gasteiger partial charge in [-0.05, 0) is 54.9 Å². The molecule has 2 atom stereocenters. The second-order valence-electron chi connectivity index (χ2n) is 5.23. The molecule has 1 aromatic carbocycles. The summed E-state index contributed by atoms with van der Waals surface area (Å²) < 4.78 is 0.675. The molecule has 5 heteroatoms. The number of nitrogens with two attached hydrogens (primary N) is 1. The van der Waals surface area contributed by atoms with Crippen LogP contribution in [0.3, 0.4) is 0 Å². The molecule has 1 aliphatic heterocycles. The predicted molar refractivity (Wildman–Crippen MR) is 81.1 cm³/mol. The van der Waals surface area contributed by atoms with Gasteiger partial charge in [-0.2, -0.15) is 0 Å². The molecule has 2 unspecified atom stereocenters. The van der Waals surface area contributed by atoms with Gasteiger partial charge in [-0.3, -0.25) is 4.79 Å². The Morgan fingerprint density at radius 1 is 1.53 bits per heavy atom. The van der Waals surface area contributed by atoms with Crippen molar-refractivity contribution in [1.82, 2.24) is 10.2 Å². The molecule has 0 bridgehead atoms. The van der Waals surface area contributed by atoms with Gasteiger partial charge < -0.3 is 16.0 Å². The Morgan fingerprint density at radius 3 is 2.95 bits per heavy atom. The highest BCUT2D eigenvalue weighted by atomic mass is 79.9. The van der Waals surface area contributed by atoms with Crippen molar-refractivity contribution in [3.05, 3.63) is 28.2 Å². The number of likely N-dealkylation sites (tertiary alicyclic amines) is 1. The molecule has 1 fully saturated rings. The zero-order valence-corrected chi connectivity index (χ0v) is 12.9. The highest BCUT2D eigenvalue weighted by Gasteiger charge is 2.24. The van der Waals surface area contributed by atoms with Gasteiger partial charge in [0.15, 0.2) is 0 Å².